The molecular weight excluding hydrogens is 403 g/mol. The predicted molar refractivity (Wildman–Crippen MR) is 113 cm³/mol. The van der Waals surface area contributed by atoms with Crippen molar-refractivity contribution in [3.63, 3.8) is 0 Å². The molecule has 0 spiro atoms. The van der Waals surface area contributed by atoms with Crippen molar-refractivity contribution in [2.75, 3.05) is 23.7 Å². The topological polar surface area (TPSA) is 121 Å². The number of hydrogen-bond acceptors (Lipinski definition) is 9. The number of ether oxygens (including phenoxy) is 1. The van der Waals surface area contributed by atoms with Gasteiger partial charge in [-0.1, -0.05) is 19.3 Å². The van der Waals surface area contributed by atoms with Gasteiger partial charge in [-0.3, -0.25) is 0 Å². The molecule has 31 heavy (non-hydrogen) atoms. The number of halogens is 1. The zero-order valence-electron chi connectivity index (χ0n) is 17.2. The van der Waals surface area contributed by atoms with E-state index in [2.05, 4.69) is 30.9 Å². The van der Waals surface area contributed by atoms with E-state index in [0.717, 1.165) is 38.4 Å². The summed E-state index contributed by atoms with van der Waals surface area (Å²) in [6.07, 6.45) is 7.64. The average Bonchev–Trinajstić information content (AvgIpc) is 3.31. The molecule has 2 heterocycles. The lowest BCUT2D eigenvalue weighted by atomic mass is 9.89. The van der Waals surface area contributed by atoms with Crippen LogP contribution in [0, 0.1) is 11.7 Å². The Morgan fingerprint density at radius 3 is 2.68 bits per heavy atom. The number of nitrogens with one attached hydrogen (secondary N) is 3. The number of esters is 1. The molecule has 10 heteroatoms. The second kappa shape index (κ2) is 9.86. The molecule has 166 valence electrons. The molecular formula is C21H27FN6O3. The maximum Gasteiger partial charge on any atom is 0.330 e. The van der Waals surface area contributed by atoms with Crippen molar-refractivity contribution in [3.8, 4) is 11.8 Å². The van der Waals surface area contributed by atoms with E-state index >= 15 is 0 Å². The summed E-state index contributed by atoms with van der Waals surface area (Å²) in [5, 5.41) is 18.6. The molecule has 1 aliphatic carbocycles. The minimum Gasteiger partial charge on any atom is -0.505 e. The van der Waals surface area contributed by atoms with Crippen molar-refractivity contribution in [1.82, 2.24) is 20.3 Å². The first-order chi connectivity index (χ1) is 15.1. The summed E-state index contributed by atoms with van der Waals surface area (Å²) in [4.78, 5) is 25.1. The van der Waals surface area contributed by atoms with E-state index in [9.17, 15) is 14.3 Å². The van der Waals surface area contributed by atoms with Gasteiger partial charge in [-0.25, -0.2) is 9.18 Å². The molecule has 1 saturated carbocycles. The maximum atomic E-state index is 13.7. The summed E-state index contributed by atoms with van der Waals surface area (Å²) in [6, 6.07) is 3.35. The van der Waals surface area contributed by atoms with Gasteiger partial charge < -0.3 is 25.8 Å². The van der Waals surface area contributed by atoms with Crippen molar-refractivity contribution in [2.45, 2.75) is 51.0 Å². The number of nitrogens with zero attached hydrogens (tertiary/aromatic N) is 3. The Kier molecular flexibility index (Phi) is 6.76. The number of rotatable bonds is 7. The molecule has 1 atom stereocenters. The van der Waals surface area contributed by atoms with Gasteiger partial charge in [0.15, 0.2) is 11.6 Å². The second-order valence-electron chi connectivity index (χ2n) is 8.01. The molecule has 0 bridgehead atoms. The van der Waals surface area contributed by atoms with E-state index in [0.29, 0.717) is 18.0 Å². The van der Waals surface area contributed by atoms with Crippen LogP contribution in [0.4, 0.5) is 22.0 Å². The first kappa shape index (κ1) is 21.2. The highest BCUT2D eigenvalue weighted by atomic mass is 19.1. The average molecular weight is 430 g/mol. The van der Waals surface area contributed by atoms with Gasteiger partial charge in [-0.15, -0.1) is 0 Å². The van der Waals surface area contributed by atoms with Crippen molar-refractivity contribution in [3.05, 3.63) is 24.0 Å². The Labute approximate surface area is 179 Å². The van der Waals surface area contributed by atoms with Gasteiger partial charge in [-0.2, -0.15) is 15.0 Å². The Balaban J connectivity index is 1.51. The molecule has 4 N–H and O–H groups in total. The monoisotopic (exact) mass is 430 g/mol. The molecule has 9 nitrogen and oxygen atoms in total. The Bertz CT molecular complexity index is 916. The summed E-state index contributed by atoms with van der Waals surface area (Å²) in [5.74, 6) is -0.730. The minimum absolute atomic E-state index is 0.105. The predicted octanol–water partition coefficient (Wildman–Crippen LogP) is 3.11. The number of anilines is 3. The van der Waals surface area contributed by atoms with E-state index in [-0.39, 0.29) is 23.9 Å². The van der Waals surface area contributed by atoms with Gasteiger partial charge in [0.2, 0.25) is 11.9 Å². The third-order valence-electron chi connectivity index (χ3n) is 5.63. The van der Waals surface area contributed by atoms with Crippen LogP contribution in [-0.4, -0.2) is 45.2 Å². The number of aromatic hydroxyl groups is 1. The van der Waals surface area contributed by atoms with Crippen LogP contribution in [0.3, 0.4) is 0 Å². The normalized spacial score (nSPS) is 19.2. The van der Waals surface area contributed by atoms with Gasteiger partial charge in [0, 0.05) is 18.3 Å². The van der Waals surface area contributed by atoms with Crippen molar-refractivity contribution < 1.29 is 19.0 Å². The first-order valence-corrected chi connectivity index (χ1v) is 10.8. The fraction of sp³-hybridized carbons (Fsp3) is 0.524. The SMILES string of the molecule is O=C(Oc1nc(NCC2CCCCC2)nc(Nc2ccc(O)c(F)c2)n1)C1CCCN1. The summed E-state index contributed by atoms with van der Waals surface area (Å²) in [5.41, 5.74) is 0.342. The largest absolute Gasteiger partial charge is 0.505 e. The van der Waals surface area contributed by atoms with Crippen molar-refractivity contribution in [2.24, 2.45) is 5.92 Å². The Morgan fingerprint density at radius 2 is 1.94 bits per heavy atom. The zero-order valence-corrected chi connectivity index (χ0v) is 17.2. The first-order valence-electron chi connectivity index (χ1n) is 10.8. The number of hydrogen-bond donors (Lipinski definition) is 4. The van der Waals surface area contributed by atoms with Crippen molar-refractivity contribution >= 4 is 23.6 Å². The molecule has 4 rings (SSSR count). The highest BCUT2D eigenvalue weighted by Crippen LogP contribution is 2.25. The van der Waals surface area contributed by atoms with Gasteiger partial charge in [0.05, 0.1) is 0 Å². The lowest BCUT2D eigenvalue weighted by Gasteiger charge is -2.21. The lowest BCUT2D eigenvalue weighted by Crippen LogP contribution is -2.34. The van der Waals surface area contributed by atoms with E-state index in [4.69, 9.17) is 4.74 Å². The van der Waals surface area contributed by atoms with E-state index in [1.807, 2.05) is 0 Å². The van der Waals surface area contributed by atoms with Crippen LogP contribution in [0.1, 0.15) is 44.9 Å². The maximum absolute atomic E-state index is 13.7. The van der Waals surface area contributed by atoms with Crippen LogP contribution >= 0.6 is 0 Å². The summed E-state index contributed by atoms with van der Waals surface area (Å²) >= 11 is 0. The third-order valence-corrected chi connectivity index (χ3v) is 5.63. The molecule has 2 aromatic rings. The lowest BCUT2D eigenvalue weighted by molar-refractivity contribution is -0.136. The van der Waals surface area contributed by atoms with Crippen LogP contribution in [0.15, 0.2) is 18.2 Å². The molecule has 2 aliphatic rings. The zero-order chi connectivity index (χ0) is 21.6. The summed E-state index contributed by atoms with van der Waals surface area (Å²) in [7, 11) is 0. The minimum atomic E-state index is -0.770. The fourth-order valence-corrected chi connectivity index (χ4v) is 3.92. The molecule has 2 fully saturated rings. The van der Waals surface area contributed by atoms with Crippen LogP contribution in [-0.2, 0) is 4.79 Å². The summed E-state index contributed by atoms with van der Waals surface area (Å²) in [6.45, 7) is 1.49. The van der Waals surface area contributed by atoms with E-state index in [1.165, 1.54) is 31.4 Å². The van der Waals surface area contributed by atoms with E-state index < -0.39 is 17.5 Å². The molecule has 0 amide bonds. The number of carbonyl (C=O) groups is 1. The standard InChI is InChI=1S/C21H27FN6O3/c22-15-11-14(8-9-17(15)29)25-20-26-19(24-12-13-5-2-1-3-6-13)27-21(28-20)31-18(30)16-7-4-10-23-16/h8-9,11,13,16,23,29H,1-7,10,12H2,(H2,24,25,26,27,28). The number of aromatic nitrogens is 3. The number of carbonyl (C=O) groups excluding carboxylic acids is 1. The molecule has 1 saturated heterocycles. The summed E-state index contributed by atoms with van der Waals surface area (Å²) < 4.78 is 19.1. The fourth-order valence-electron chi connectivity index (χ4n) is 3.92. The molecule has 1 aromatic heterocycles. The quantitative estimate of drug-likeness (QED) is 0.388. The molecule has 0 radical (unpaired) electrons. The molecule has 1 aliphatic heterocycles. The smallest absolute Gasteiger partial charge is 0.330 e. The highest BCUT2D eigenvalue weighted by molar-refractivity contribution is 5.78. The number of benzene rings is 1. The van der Waals surface area contributed by atoms with Gasteiger partial charge >= 0.3 is 12.0 Å². The Hall–Kier alpha value is -3.01. The third kappa shape index (κ3) is 5.78. The molecule has 1 aromatic carbocycles. The van der Waals surface area contributed by atoms with Gasteiger partial charge in [0.25, 0.3) is 0 Å². The van der Waals surface area contributed by atoms with Crippen LogP contribution in [0.25, 0.3) is 0 Å². The van der Waals surface area contributed by atoms with E-state index in [1.54, 1.807) is 0 Å². The second-order valence-corrected chi connectivity index (χ2v) is 8.01. The van der Waals surface area contributed by atoms with Gasteiger partial charge in [-0.05, 0) is 50.3 Å². The van der Waals surface area contributed by atoms with Gasteiger partial charge in [0.1, 0.15) is 6.04 Å². The van der Waals surface area contributed by atoms with Crippen molar-refractivity contribution in [1.29, 1.82) is 0 Å². The number of phenolic OH excluding ortho intramolecular Hbond substituents is 1. The Morgan fingerprint density at radius 1 is 1.13 bits per heavy atom. The van der Waals surface area contributed by atoms with Crippen LogP contribution in [0.2, 0.25) is 0 Å². The highest BCUT2D eigenvalue weighted by Gasteiger charge is 2.25. The van der Waals surface area contributed by atoms with Crippen LogP contribution in [0.5, 0.6) is 11.8 Å². The van der Waals surface area contributed by atoms with Crippen LogP contribution < -0.4 is 20.7 Å². The molecule has 1 unspecified atom stereocenters. The number of phenols is 1.